The van der Waals surface area contributed by atoms with Crippen molar-refractivity contribution in [3.05, 3.63) is 18.3 Å². The molecule has 0 amide bonds. The molecule has 1 aromatic rings. The fourth-order valence-corrected chi connectivity index (χ4v) is 1.37. The minimum Gasteiger partial charge on any atom is -0.495 e. The number of rotatable bonds is 6. The zero-order valence-electron chi connectivity index (χ0n) is 9.73. The average molecular weight is 222 g/mol. The van der Waals surface area contributed by atoms with Crippen molar-refractivity contribution in [2.45, 2.75) is 13.3 Å². The molecule has 3 N–H and O–H groups in total. The van der Waals surface area contributed by atoms with Crippen LogP contribution in [0.1, 0.15) is 13.3 Å². The van der Waals surface area contributed by atoms with E-state index in [-0.39, 0.29) is 5.84 Å². The van der Waals surface area contributed by atoms with Crippen LogP contribution in [0.4, 0.5) is 5.82 Å². The summed E-state index contributed by atoms with van der Waals surface area (Å²) in [6.45, 7) is 3.60. The quantitative estimate of drug-likeness (QED) is 0.561. The number of anilines is 1. The van der Waals surface area contributed by atoms with Gasteiger partial charge in [-0.2, -0.15) is 0 Å². The smallest absolute Gasteiger partial charge is 0.137 e. The van der Waals surface area contributed by atoms with Crippen molar-refractivity contribution < 1.29 is 4.74 Å². The third kappa shape index (κ3) is 3.42. The van der Waals surface area contributed by atoms with Crippen molar-refractivity contribution in [2.24, 2.45) is 5.73 Å². The third-order valence-corrected chi connectivity index (χ3v) is 2.31. The summed E-state index contributed by atoms with van der Waals surface area (Å²) in [5.74, 6) is 1.82. The molecule has 0 radical (unpaired) electrons. The van der Waals surface area contributed by atoms with Crippen molar-refractivity contribution in [2.75, 3.05) is 25.1 Å². The van der Waals surface area contributed by atoms with Crippen molar-refractivity contribution in [3.8, 4) is 5.75 Å². The van der Waals surface area contributed by atoms with Crippen molar-refractivity contribution in [1.82, 2.24) is 4.98 Å². The molecule has 16 heavy (non-hydrogen) atoms. The molecule has 1 aromatic heterocycles. The molecule has 1 rings (SSSR count). The van der Waals surface area contributed by atoms with Crippen LogP contribution in [0, 0.1) is 5.41 Å². The first-order chi connectivity index (χ1) is 7.67. The Morgan fingerprint density at radius 1 is 1.56 bits per heavy atom. The lowest BCUT2D eigenvalue weighted by molar-refractivity contribution is 0.413. The van der Waals surface area contributed by atoms with E-state index in [1.54, 1.807) is 13.3 Å². The zero-order chi connectivity index (χ0) is 12.0. The second-order valence-electron chi connectivity index (χ2n) is 3.41. The van der Waals surface area contributed by atoms with Crippen LogP contribution >= 0.6 is 0 Å². The highest BCUT2D eigenvalue weighted by atomic mass is 16.5. The van der Waals surface area contributed by atoms with Gasteiger partial charge in [-0.25, -0.2) is 4.98 Å². The second-order valence-corrected chi connectivity index (χ2v) is 3.41. The highest BCUT2D eigenvalue weighted by Crippen LogP contribution is 2.15. The minimum atomic E-state index is 0.201. The Morgan fingerprint density at radius 3 is 2.75 bits per heavy atom. The van der Waals surface area contributed by atoms with Gasteiger partial charge in [-0.05, 0) is 19.1 Å². The third-order valence-electron chi connectivity index (χ3n) is 2.31. The molecule has 88 valence electrons. The van der Waals surface area contributed by atoms with Gasteiger partial charge >= 0.3 is 0 Å². The van der Waals surface area contributed by atoms with E-state index in [9.17, 15) is 0 Å². The summed E-state index contributed by atoms with van der Waals surface area (Å²) in [4.78, 5) is 6.36. The van der Waals surface area contributed by atoms with Gasteiger partial charge in [-0.15, -0.1) is 0 Å². The van der Waals surface area contributed by atoms with Gasteiger partial charge in [0.25, 0.3) is 0 Å². The van der Waals surface area contributed by atoms with Gasteiger partial charge in [0.1, 0.15) is 11.6 Å². The number of amidine groups is 1. The standard InChI is InChI=1S/C11H18N4O/c1-3-15(7-6-10(12)13)11-5-4-9(16-2)8-14-11/h4-5,8H,3,6-7H2,1-2H3,(H3,12,13). The first-order valence-electron chi connectivity index (χ1n) is 5.25. The van der Waals surface area contributed by atoms with Crippen LogP contribution in [0.25, 0.3) is 0 Å². The van der Waals surface area contributed by atoms with Gasteiger partial charge in [0.05, 0.1) is 19.1 Å². The van der Waals surface area contributed by atoms with Gasteiger partial charge in [0, 0.05) is 19.5 Å². The topological polar surface area (TPSA) is 75.2 Å². The molecular formula is C11H18N4O. The molecule has 0 aromatic carbocycles. The molecule has 0 aliphatic heterocycles. The Morgan fingerprint density at radius 2 is 2.31 bits per heavy atom. The summed E-state index contributed by atoms with van der Waals surface area (Å²) in [6.07, 6.45) is 2.24. The van der Waals surface area contributed by atoms with Crippen LogP contribution in [0.5, 0.6) is 5.75 Å². The summed E-state index contributed by atoms with van der Waals surface area (Å²) in [7, 11) is 1.62. The minimum absolute atomic E-state index is 0.201. The van der Waals surface area contributed by atoms with E-state index in [0.29, 0.717) is 13.0 Å². The number of hydrogen-bond acceptors (Lipinski definition) is 4. The molecule has 1 heterocycles. The number of pyridine rings is 1. The van der Waals surface area contributed by atoms with E-state index >= 15 is 0 Å². The fraction of sp³-hybridized carbons (Fsp3) is 0.455. The summed E-state index contributed by atoms with van der Waals surface area (Å²) in [6, 6.07) is 3.78. The Kier molecular flexibility index (Phi) is 4.57. The van der Waals surface area contributed by atoms with Crippen LogP contribution in [0.15, 0.2) is 18.3 Å². The lowest BCUT2D eigenvalue weighted by Crippen LogP contribution is -2.28. The number of methoxy groups -OCH3 is 1. The number of nitrogens with two attached hydrogens (primary N) is 1. The van der Waals surface area contributed by atoms with Crippen molar-refractivity contribution >= 4 is 11.7 Å². The molecule has 0 aliphatic rings. The monoisotopic (exact) mass is 222 g/mol. The number of hydrogen-bond donors (Lipinski definition) is 2. The maximum atomic E-state index is 7.20. The summed E-state index contributed by atoms with van der Waals surface area (Å²) in [5.41, 5.74) is 5.34. The van der Waals surface area contributed by atoms with Crippen LogP contribution < -0.4 is 15.4 Å². The van der Waals surface area contributed by atoms with Gasteiger partial charge in [-0.3, -0.25) is 5.41 Å². The van der Waals surface area contributed by atoms with E-state index in [1.165, 1.54) is 0 Å². The lowest BCUT2D eigenvalue weighted by atomic mass is 10.3. The van der Waals surface area contributed by atoms with Gasteiger partial charge in [-0.1, -0.05) is 0 Å². The molecule has 0 fully saturated rings. The van der Waals surface area contributed by atoms with Gasteiger partial charge in [0.2, 0.25) is 0 Å². The largest absolute Gasteiger partial charge is 0.495 e. The van der Waals surface area contributed by atoms with E-state index in [4.69, 9.17) is 15.9 Å². The summed E-state index contributed by atoms with van der Waals surface area (Å²) in [5, 5.41) is 7.20. The molecular weight excluding hydrogens is 204 g/mol. The molecule has 0 saturated carbocycles. The lowest BCUT2D eigenvalue weighted by Gasteiger charge is -2.21. The van der Waals surface area contributed by atoms with Crippen LogP contribution in [0.2, 0.25) is 0 Å². The van der Waals surface area contributed by atoms with Gasteiger partial charge in [0.15, 0.2) is 0 Å². The molecule has 5 heteroatoms. The normalized spacial score (nSPS) is 9.88. The van der Waals surface area contributed by atoms with Crippen LogP contribution in [0.3, 0.4) is 0 Å². The number of ether oxygens (including phenoxy) is 1. The molecule has 0 aliphatic carbocycles. The van der Waals surface area contributed by atoms with Gasteiger partial charge < -0.3 is 15.4 Å². The maximum Gasteiger partial charge on any atom is 0.137 e. The van der Waals surface area contributed by atoms with E-state index in [0.717, 1.165) is 18.1 Å². The molecule has 0 atom stereocenters. The Bertz CT molecular complexity index is 336. The number of nitrogens with zero attached hydrogens (tertiary/aromatic N) is 2. The summed E-state index contributed by atoms with van der Waals surface area (Å²) < 4.78 is 5.05. The Balaban J connectivity index is 2.66. The van der Waals surface area contributed by atoms with Crippen molar-refractivity contribution in [3.63, 3.8) is 0 Å². The SMILES string of the molecule is CCN(CCC(=N)N)c1ccc(OC)cn1. The molecule has 5 nitrogen and oxygen atoms in total. The van der Waals surface area contributed by atoms with Crippen LogP contribution in [-0.4, -0.2) is 31.0 Å². The molecule has 0 unspecified atom stereocenters. The number of aromatic nitrogens is 1. The second kappa shape index (κ2) is 5.95. The van der Waals surface area contributed by atoms with E-state index in [1.807, 2.05) is 19.1 Å². The van der Waals surface area contributed by atoms with Crippen molar-refractivity contribution in [1.29, 1.82) is 5.41 Å². The number of nitrogens with one attached hydrogen (secondary N) is 1. The van der Waals surface area contributed by atoms with E-state index < -0.39 is 0 Å². The Hall–Kier alpha value is -1.78. The average Bonchev–Trinajstić information content (AvgIpc) is 2.30. The first-order valence-corrected chi connectivity index (χ1v) is 5.25. The van der Waals surface area contributed by atoms with E-state index in [2.05, 4.69) is 9.88 Å². The first kappa shape index (κ1) is 12.3. The molecule has 0 saturated heterocycles. The predicted octanol–water partition coefficient (Wildman–Crippen LogP) is 1.24. The predicted molar refractivity (Wildman–Crippen MR) is 65.2 cm³/mol. The molecule has 0 spiro atoms. The summed E-state index contributed by atoms with van der Waals surface area (Å²) >= 11 is 0. The highest BCUT2D eigenvalue weighted by molar-refractivity contribution is 5.77. The highest BCUT2D eigenvalue weighted by Gasteiger charge is 2.06. The maximum absolute atomic E-state index is 7.20. The molecule has 0 bridgehead atoms. The zero-order valence-corrected chi connectivity index (χ0v) is 9.73. The fourth-order valence-electron chi connectivity index (χ4n) is 1.37. The van der Waals surface area contributed by atoms with Crippen LogP contribution in [-0.2, 0) is 0 Å². The Labute approximate surface area is 95.7 Å².